The van der Waals surface area contributed by atoms with Gasteiger partial charge in [0.1, 0.15) is 0 Å². The second kappa shape index (κ2) is 3.84. The molecule has 0 fully saturated rings. The standard InChI is InChI=1S/CHF3O2S.Na.H/c2-1(3,4)7(5)6;;/h(H,5,6);;. The molecular formula is CH2F3NaO2S. The van der Waals surface area contributed by atoms with Crippen molar-refractivity contribution in [2.24, 2.45) is 0 Å². The third-order valence-corrected chi connectivity index (χ3v) is 0.594. The maximum absolute atomic E-state index is 10.6. The molecule has 0 aromatic rings. The monoisotopic (exact) mass is 158 g/mol. The summed E-state index contributed by atoms with van der Waals surface area (Å²) in [5, 5.41) is 0. The van der Waals surface area contributed by atoms with Crippen molar-refractivity contribution in [3.05, 3.63) is 0 Å². The van der Waals surface area contributed by atoms with E-state index in [2.05, 4.69) is 0 Å². The third kappa shape index (κ3) is 5.04. The first kappa shape index (κ1) is 11.7. The van der Waals surface area contributed by atoms with Crippen LogP contribution in [0.1, 0.15) is 0 Å². The van der Waals surface area contributed by atoms with Gasteiger partial charge in [0, 0.05) is 0 Å². The molecule has 0 aliphatic heterocycles. The Bertz CT molecular complexity index is 89.8. The van der Waals surface area contributed by atoms with Crippen LogP contribution in [0, 0.1) is 0 Å². The van der Waals surface area contributed by atoms with Crippen LogP contribution in [0.25, 0.3) is 0 Å². The van der Waals surface area contributed by atoms with E-state index in [-0.39, 0.29) is 29.6 Å². The van der Waals surface area contributed by atoms with E-state index in [9.17, 15) is 13.2 Å². The third-order valence-electron chi connectivity index (χ3n) is 0.198. The van der Waals surface area contributed by atoms with Gasteiger partial charge in [-0.05, 0) is 0 Å². The molecule has 1 atom stereocenters. The molecule has 0 aliphatic rings. The summed E-state index contributed by atoms with van der Waals surface area (Å²) >= 11 is -3.68. The van der Waals surface area contributed by atoms with E-state index in [0.29, 0.717) is 0 Å². The topological polar surface area (TPSA) is 37.3 Å². The van der Waals surface area contributed by atoms with Gasteiger partial charge < -0.3 is 0 Å². The molecule has 1 N–H and O–H groups in total. The first-order valence-corrected chi connectivity index (χ1v) is 2.23. The summed E-state index contributed by atoms with van der Waals surface area (Å²) < 4.78 is 48.1. The maximum atomic E-state index is 10.6. The molecule has 7 heteroatoms. The summed E-state index contributed by atoms with van der Waals surface area (Å²) in [5.74, 6) is 0. The molecule has 0 radical (unpaired) electrons. The van der Waals surface area contributed by atoms with Gasteiger partial charge in [-0.3, -0.25) is 4.55 Å². The Hall–Kier alpha value is 0.900. The van der Waals surface area contributed by atoms with Crippen molar-refractivity contribution >= 4 is 40.6 Å². The van der Waals surface area contributed by atoms with Gasteiger partial charge in [-0.1, -0.05) is 0 Å². The molecular weight excluding hydrogens is 156 g/mol. The first-order valence-electron chi connectivity index (χ1n) is 1.12. The number of halogens is 3. The Kier molecular flexibility index (Phi) is 5.60. The van der Waals surface area contributed by atoms with E-state index in [1.54, 1.807) is 0 Å². The van der Waals surface area contributed by atoms with Gasteiger partial charge >= 0.3 is 35.1 Å². The van der Waals surface area contributed by atoms with Crippen LogP contribution in [0.2, 0.25) is 0 Å². The van der Waals surface area contributed by atoms with Crippen LogP contribution in [0.5, 0.6) is 0 Å². The number of hydrogen-bond acceptors (Lipinski definition) is 1. The van der Waals surface area contributed by atoms with Crippen LogP contribution in [0.15, 0.2) is 0 Å². The van der Waals surface area contributed by atoms with Crippen molar-refractivity contribution in [3.63, 3.8) is 0 Å². The summed E-state index contributed by atoms with van der Waals surface area (Å²) in [6.07, 6.45) is 0. The van der Waals surface area contributed by atoms with Gasteiger partial charge in [-0.2, -0.15) is 13.2 Å². The molecule has 8 heavy (non-hydrogen) atoms. The minimum absolute atomic E-state index is 0. The predicted molar refractivity (Wildman–Crippen MR) is 24.0 cm³/mol. The quantitative estimate of drug-likeness (QED) is 0.400. The van der Waals surface area contributed by atoms with Gasteiger partial charge in [0.2, 0.25) is 0 Å². The Morgan fingerprint density at radius 2 is 1.50 bits per heavy atom. The van der Waals surface area contributed by atoms with E-state index in [0.717, 1.165) is 0 Å². The minimum atomic E-state index is -4.97. The van der Waals surface area contributed by atoms with Crippen LogP contribution in [0.3, 0.4) is 0 Å². The van der Waals surface area contributed by atoms with E-state index in [1.165, 1.54) is 0 Å². The summed E-state index contributed by atoms with van der Waals surface area (Å²) in [6, 6.07) is 0. The zero-order chi connectivity index (χ0) is 6.08. The molecule has 0 aromatic heterocycles. The van der Waals surface area contributed by atoms with Crippen LogP contribution < -0.4 is 0 Å². The Labute approximate surface area is 68.0 Å². The van der Waals surface area contributed by atoms with Crippen LogP contribution in [-0.4, -0.2) is 43.8 Å². The fourth-order valence-electron chi connectivity index (χ4n) is 0. The van der Waals surface area contributed by atoms with Gasteiger partial charge in [0.25, 0.3) is 11.1 Å². The van der Waals surface area contributed by atoms with Crippen LogP contribution in [0.4, 0.5) is 13.2 Å². The molecule has 0 rings (SSSR count). The number of hydrogen-bond donors (Lipinski definition) is 1. The number of alkyl halides is 3. The zero-order valence-electron chi connectivity index (χ0n) is 2.90. The van der Waals surface area contributed by atoms with Gasteiger partial charge in [0.15, 0.2) is 0 Å². The molecule has 2 nitrogen and oxygen atoms in total. The fraction of sp³-hybridized carbons (Fsp3) is 1.00. The van der Waals surface area contributed by atoms with Gasteiger partial charge in [-0.25, -0.2) is 4.21 Å². The Morgan fingerprint density at radius 1 is 1.38 bits per heavy atom. The molecule has 0 spiro atoms. The van der Waals surface area contributed by atoms with Crippen molar-refractivity contribution in [3.8, 4) is 0 Å². The molecule has 46 valence electrons. The molecule has 0 amide bonds. The average molecular weight is 158 g/mol. The molecule has 0 saturated heterocycles. The molecule has 1 unspecified atom stereocenters. The number of rotatable bonds is 0. The summed E-state index contributed by atoms with van der Waals surface area (Å²) in [7, 11) is 0. The SMILES string of the molecule is O=S(O)C(F)(F)F.[NaH]. The molecule has 0 bridgehead atoms. The average Bonchev–Trinajstić information content (AvgIpc) is 1.31. The van der Waals surface area contributed by atoms with E-state index >= 15 is 0 Å². The zero-order valence-corrected chi connectivity index (χ0v) is 3.71. The Balaban J connectivity index is 0. The van der Waals surface area contributed by atoms with Crippen molar-refractivity contribution in [1.82, 2.24) is 0 Å². The van der Waals surface area contributed by atoms with E-state index in [1.807, 2.05) is 0 Å². The summed E-state index contributed by atoms with van der Waals surface area (Å²) in [5.41, 5.74) is -4.97. The van der Waals surface area contributed by atoms with E-state index in [4.69, 9.17) is 8.76 Å². The van der Waals surface area contributed by atoms with Crippen LogP contribution >= 0.6 is 0 Å². The van der Waals surface area contributed by atoms with Crippen molar-refractivity contribution < 1.29 is 21.9 Å². The second-order valence-electron chi connectivity index (χ2n) is 0.695. The molecule has 0 heterocycles. The first-order chi connectivity index (χ1) is 2.94. The van der Waals surface area contributed by atoms with Crippen molar-refractivity contribution in [2.75, 3.05) is 0 Å². The summed E-state index contributed by atoms with van der Waals surface area (Å²) in [6.45, 7) is 0. The Morgan fingerprint density at radius 3 is 1.50 bits per heavy atom. The predicted octanol–water partition coefficient (Wildman–Crippen LogP) is 0.0794. The summed E-state index contributed by atoms with van der Waals surface area (Å²) in [4.78, 5) is 0. The van der Waals surface area contributed by atoms with E-state index < -0.39 is 16.6 Å². The van der Waals surface area contributed by atoms with Crippen molar-refractivity contribution in [1.29, 1.82) is 0 Å². The van der Waals surface area contributed by atoms with Crippen molar-refractivity contribution in [2.45, 2.75) is 5.51 Å². The van der Waals surface area contributed by atoms with Gasteiger partial charge in [0.05, 0.1) is 0 Å². The molecule has 0 aromatic carbocycles. The fourth-order valence-corrected chi connectivity index (χ4v) is 0. The molecule has 0 saturated carbocycles. The molecule has 0 aliphatic carbocycles. The second-order valence-corrected chi connectivity index (χ2v) is 1.66. The van der Waals surface area contributed by atoms with Crippen LogP contribution in [-0.2, 0) is 11.1 Å². The normalized spacial score (nSPS) is 14.5. The van der Waals surface area contributed by atoms with Gasteiger partial charge in [-0.15, -0.1) is 0 Å².